The van der Waals surface area contributed by atoms with Crippen LogP contribution in [0.25, 0.3) is 16.7 Å². The van der Waals surface area contributed by atoms with Gasteiger partial charge in [-0.3, -0.25) is 4.79 Å². The molecule has 5 aromatic rings. The van der Waals surface area contributed by atoms with Crippen molar-refractivity contribution in [1.82, 2.24) is 19.7 Å². The van der Waals surface area contributed by atoms with Gasteiger partial charge < -0.3 is 14.5 Å². The van der Waals surface area contributed by atoms with E-state index < -0.39 is 5.97 Å². The third-order valence-electron chi connectivity index (χ3n) is 5.23. The highest BCUT2D eigenvalue weighted by molar-refractivity contribution is 7.98. The zero-order valence-corrected chi connectivity index (χ0v) is 20.1. The molecule has 5 rings (SSSR count). The van der Waals surface area contributed by atoms with Crippen LogP contribution in [-0.4, -0.2) is 38.2 Å². The number of hydrogen-bond donors (Lipinski definition) is 1. The lowest BCUT2D eigenvalue weighted by Crippen LogP contribution is -2.13. The van der Waals surface area contributed by atoms with Gasteiger partial charge in [-0.15, -0.1) is 0 Å². The van der Waals surface area contributed by atoms with Crippen molar-refractivity contribution in [2.45, 2.75) is 17.8 Å². The minimum atomic E-state index is -0.489. The number of nitrogens with zero attached hydrogens (tertiary/aromatic N) is 4. The molecule has 3 heterocycles. The van der Waals surface area contributed by atoms with Crippen molar-refractivity contribution >= 4 is 40.3 Å². The Morgan fingerprint density at radius 3 is 2.72 bits per heavy atom. The van der Waals surface area contributed by atoms with Gasteiger partial charge in [0, 0.05) is 41.0 Å². The molecule has 2 aromatic carbocycles. The maximum atomic E-state index is 13.3. The van der Waals surface area contributed by atoms with Gasteiger partial charge in [-0.25, -0.2) is 19.4 Å². The summed E-state index contributed by atoms with van der Waals surface area (Å²) in [7, 11) is 0. The second kappa shape index (κ2) is 10.4. The smallest absolute Gasteiger partial charge is 0.358 e. The lowest BCUT2D eigenvalue weighted by atomic mass is 10.1. The summed E-state index contributed by atoms with van der Waals surface area (Å²) < 4.78 is 12.5. The first-order valence-electron chi connectivity index (χ1n) is 11.2. The first-order valence-corrected chi connectivity index (χ1v) is 12.2. The third kappa shape index (κ3) is 4.98. The fourth-order valence-electron chi connectivity index (χ4n) is 3.62. The largest absolute Gasteiger partial charge is 0.461 e. The number of ether oxygens (including phenoxy) is 1. The summed E-state index contributed by atoms with van der Waals surface area (Å²) in [6.45, 7) is 2.01. The molecule has 1 N–H and O–H groups in total. The summed E-state index contributed by atoms with van der Waals surface area (Å²) in [5, 5.41) is 8.66. The molecule has 0 atom stereocenters. The number of amides is 1. The second-order valence-corrected chi connectivity index (χ2v) is 8.54. The molecule has 36 heavy (non-hydrogen) atoms. The number of carbonyl (C=O) groups excluding carboxylic acids is 2. The van der Waals surface area contributed by atoms with E-state index in [0.717, 1.165) is 10.9 Å². The van der Waals surface area contributed by atoms with E-state index in [-0.39, 0.29) is 24.0 Å². The highest BCUT2D eigenvalue weighted by Gasteiger charge is 2.21. The average Bonchev–Trinajstić information content (AvgIpc) is 3.54. The van der Waals surface area contributed by atoms with Crippen LogP contribution < -0.4 is 5.32 Å². The number of furan rings is 1. The topological polar surface area (TPSA) is 112 Å². The summed E-state index contributed by atoms with van der Waals surface area (Å²) in [6.07, 6.45) is 5.02. The summed E-state index contributed by atoms with van der Waals surface area (Å²) in [4.78, 5) is 33.7. The Morgan fingerprint density at radius 2 is 1.89 bits per heavy atom. The van der Waals surface area contributed by atoms with Gasteiger partial charge in [0.05, 0.1) is 12.3 Å². The number of hydrogen-bond acceptors (Lipinski definition) is 8. The first kappa shape index (κ1) is 23.3. The molecule has 0 aliphatic rings. The third-order valence-corrected chi connectivity index (χ3v) is 6.14. The van der Waals surface area contributed by atoms with Gasteiger partial charge in [-0.2, -0.15) is 5.10 Å². The Labute approximate surface area is 210 Å². The van der Waals surface area contributed by atoms with E-state index in [0.29, 0.717) is 27.9 Å². The number of esters is 1. The van der Waals surface area contributed by atoms with Crippen LogP contribution in [0.2, 0.25) is 0 Å². The molecule has 0 bridgehead atoms. The Hall–Kier alpha value is -4.44. The standard InChI is InChI=1S/C26H21N5O4S/c1-2-34-25(33)21-11-14-31(30-21)18-8-5-7-17(15-18)29-24(32)23-20(16-36-26-27-12-6-13-28-26)19-9-3-4-10-22(19)35-23/h3-15H,2,16H2,1H3,(H,29,32). The fourth-order valence-corrected chi connectivity index (χ4v) is 4.45. The van der Waals surface area contributed by atoms with Gasteiger partial charge in [0.2, 0.25) is 0 Å². The molecule has 0 aliphatic heterocycles. The Balaban J connectivity index is 1.39. The number of nitrogens with one attached hydrogen (secondary N) is 1. The molecular weight excluding hydrogens is 478 g/mol. The molecule has 0 fully saturated rings. The lowest BCUT2D eigenvalue weighted by Gasteiger charge is -2.08. The highest BCUT2D eigenvalue weighted by atomic mass is 32.2. The first-order chi connectivity index (χ1) is 17.6. The van der Waals surface area contributed by atoms with Crippen molar-refractivity contribution in [2.75, 3.05) is 11.9 Å². The molecular formula is C26H21N5O4S. The van der Waals surface area contributed by atoms with Crippen molar-refractivity contribution in [3.05, 3.63) is 96.3 Å². The minimum Gasteiger partial charge on any atom is -0.461 e. The van der Waals surface area contributed by atoms with E-state index in [1.54, 1.807) is 60.5 Å². The number of fused-ring (bicyclic) bond motifs is 1. The van der Waals surface area contributed by atoms with Crippen molar-refractivity contribution in [2.24, 2.45) is 0 Å². The molecule has 3 aromatic heterocycles. The molecule has 180 valence electrons. The molecule has 0 unspecified atom stereocenters. The summed E-state index contributed by atoms with van der Waals surface area (Å²) in [5.41, 5.74) is 2.83. The molecule has 0 saturated heterocycles. The Morgan fingerprint density at radius 1 is 1.06 bits per heavy atom. The van der Waals surface area contributed by atoms with Crippen LogP contribution in [0.3, 0.4) is 0 Å². The van der Waals surface area contributed by atoms with Crippen molar-refractivity contribution in [3.8, 4) is 5.69 Å². The van der Waals surface area contributed by atoms with Crippen LogP contribution in [0.5, 0.6) is 0 Å². The highest BCUT2D eigenvalue weighted by Crippen LogP contribution is 2.31. The number of para-hydroxylation sites is 1. The molecule has 0 spiro atoms. The van der Waals surface area contributed by atoms with Gasteiger partial charge in [0.1, 0.15) is 5.58 Å². The molecule has 9 nitrogen and oxygen atoms in total. The van der Waals surface area contributed by atoms with Crippen LogP contribution in [0.1, 0.15) is 33.5 Å². The maximum Gasteiger partial charge on any atom is 0.358 e. The predicted molar refractivity (Wildman–Crippen MR) is 135 cm³/mol. The molecule has 0 saturated carbocycles. The second-order valence-electron chi connectivity index (χ2n) is 7.60. The number of carbonyl (C=O) groups is 2. The van der Waals surface area contributed by atoms with E-state index in [4.69, 9.17) is 9.15 Å². The van der Waals surface area contributed by atoms with Gasteiger partial charge in [0.25, 0.3) is 5.91 Å². The summed E-state index contributed by atoms with van der Waals surface area (Å²) in [6, 6.07) is 18.0. The van der Waals surface area contributed by atoms with Gasteiger partial charge in [0.15, 0.2) is 16.6 Å². The van der Waals surface area contributed by atoms with E-state index >= 15 is 0 Å². The Kier molecular flexibility index (Phi) is 6.76. The normalized spacial score (nSPS) is 10.9. The van der Waals surface area contributed by atoms with Crippen LogP contribution in [-0.2, 0) is 10.5 Å². The van der Waals surface area contributed by atoms with Crippen molar-refractivity contribution < 1.29 is 18.7 Å². The molecule has 0 radical (unpaired) electrons. The van der Waals surface area contributed by atoms with Crippen LogP contribution >= 0.6 is 11.8 Å². The number of rotatable bonds is 8. The number of thioether (sulfide) groups is 1. The van der Waals surface area contributed by atoms with Crippen LogP contribution in [0.15, 0.2) is 88.8 Å². The van der Waals surface area contributed by atoms with Gasteiger partial charge in [-0.05, 0) is 43.3 Å². The minimum absolute atomic E-state index is 0.207. The molecule has 0 aliphatic carbocycles. The summed E-state index contributed by atoms with van der Waals surface area (Å²) >= 11 is 1.43. The van der Waals surface area contributed by atoms with Gasteiger partial charge in [-0.1, -0.05) is 36.0 Å². The van der Waals surface area contributed by atoms with E-state index in [1.807, 2.05) is 30.3 Å². The number of benzene rings is 2. The Bertz CT molecular complexity index is 1530. The molecule has 1 amide bonds. The SMILES string of the molecule is CCOC(=O)c1ccn(-c2cccc(NC(=O)c3oc4ccccc4c3CSc3ncccn3)c2)n1. The fraction of sp³-hybridized carbons (Fsp3) is 0.115. The van der Waals surface area contributed by atoms with Crippen LogP contribution in [0.4, 0.5) is 5.69 Å². The van der Waals surface area contributed by atoms with Crippen LogP contribution in [0, 0.1) is 0 Å². The quantitative estimate of drug-likeness (QED) is 0.178. The van der Waals surface area contributed by atoms with Gasteiger partial charge >= 0.3 is 5.97 Å². The monoisotopic (exact) mass is 499 g/mol. The average molecular weight is 500 g/mol. The zero-order chi connectivity index (χ0) is 24.9. The zero-order valence-electron chi connectivity index (χ0n) is 19.2. The van der Waals surface area contributed by atoms with E-state index in [1.165, 1.54) is 11.8 Å². The van der Waals surface area contributed by atoms with Crippen molar-refractivity contribution in [3.63, 3.8) is 0 Å². The van der Waals surface area contributed by atoms with E-state index in [9.17, 15) is 9.59 Å². The number of aromatic nitrogens is 4. The molecule has 10 heteroatoms. The predicted octanol–water partition coefficient (Wildman–Crippen LogP) is 5.13. The summed E-state index contributed by atoms with van der Waals surface area (Å²) in [5.74, 6) is -0.167. The lowest BCUT2D eigenvalue weighted by molar-refractivity contribution is 0.0519. The maximum absolute atomic E-state index is 13.3. The number of anilines is 1. The van der Waals surface area contributed by atoms with E-state index in [2.05, 4.69) is 20.4 Å². The van der Waals surface area contributed by atoms with Crippen molar-refractivity contribution in [1.29, 1.82) is 0 Å².